The van der Waals surface area contributed by atoms with E-state index in [1.54, 1.807) is 45.6 Å². The fourth-order valence-corrected chi connectivity index (χ4v) is 1.70. The Morgan fingerprint density at radius 3 is 2.11 bits per heavy atom. The van der Waals surface area contributed by atoms with E-state index in [4.69, 9.17) is 14.2 Å². The first-order chi connectivity index (χ1) is 9.15. The van der Waals surface area contributed by atoms with E-state index in [1.807, 2.05) is 6.92 Å². The van der Waals surface area contributed by atoms with Crippen molar-refractivity contribution in [3.8, 4) is 17.2 Å². The van der Waals surface area contributed by atoms with Crippen LogP contribution in [0.15, 0.2) is 18.2 Å². The third-order valence-electron chi connectivity index (χ3n) is 2.69. The molecular formula is C15H20O4. The van der Waals surface area contributed by atoms with E-state index in [2.05, 4.69) is 0 Å². The number of carbonyl (C=O) groups excluding carboxylic acids is 1. The molecule has 4 nitrogen and oxygen atoms in total. The molecule has 0 radical (unpaired) electrons. The molecule has 0 aromatic heterocycles. The van der Waals surface area contributed by atoms with Crippen molar-refractivity contribution in [3.05, 3.63) is 23.8 Å². The minimum Gasteiger partial charge on any atom is -0.496 e. The van der Waals surface area contributed by atoms with Gasteiger partial charge in [0, 0.05) is 18.6 Å². The van der Waals surface area contributed by atoms with Gasteiger partial charge < -0.3 is 14.2 Å². The van der Waals surface area contributed by atoms with Crippen LogP contribution in [-0.4, -0.2) is 27.1 Å². The Bertz CT molecular complexity index is 438. The highest BCUT2D eigenvalue weighted by atomic mass is 16.5. The summed E-state index contributed by atoms with van der Waals surface area (Å²) in [5, 5.41) is 0. The van der Waals surface area contributed by atoms with Gasteiger partial charge in [-0.05, 0) is 18.6 Å². The molecule has 104 valence electrons. The van der Waals surface area contributed by atoms with Crippen molar-refractivity contribution in [1.29, 1.82) is 0 Å². The van der Waals surface area contributed by atoms with Gasteiger partial charge in [0.05, 0.1) is 26.9 Å². The van der Waals surface area contributed by atoms with Crippen LogP contribution in [0.3, 0.4) is 0 Å². The molecule has 0 saturated heterocycles. The van der Waals surface area contributed by atoms with E-state index >= 15 is 0 Å². The minimum atomic E-state index is 0.0856. The molecule has 1 aromatic rings. The second-order valence-electron chi connectivity index (χ2n) is 4.00. The SMILES string of the molecule is CCCC(=O)C=Cc1c(OC)cc(OC)cc1OC. The van der Waals surface area contributed by atoms with Crippen molar-refractivity contribution in [1.82, 2.24) is 0 Å². The highest BCUT2D eigenvalue weighted by Crippen LogP contribution is 2.34. The number of hydrogen-bond donors (Lipinski definition) is 0. The van der Waals surface area contributed by atoms with Gasteiger partial charge in [0.2, 0.25) is 0 Å². The van der Waals surface area contributed by atoms with Crippen molar-refractivity contribution >= 4 is 11.9 Å². The summed E-state index contributed by atoms with van der Waals surface area (Å²) in [7, 11) is 4.72. The molecule has 0 atom stereocenters. The number of carbonyl (C=O) groups is 1. The van der Waals surface area contributed by atoms with E-state index in [1.165, 1.54) is 0 Å². The third kappa shape index (κ3) is 4.02. The van der Waals surface area contributed by atoms with E-state index in [0.29, 0.717) is 23.7 Å². The van der Waals surface area contributed by atoms with E-state index in [-0.39, 0.29) is 5.78 Å². The standard InChI is InChI=1S/C15H20O4/c1-5-6-11(16)7-8-13-14(18-3)9-12(17-2)10-15(13)19-4/h7-10H,5-6H2,1-4H3. The lowest BCUT2D eigenvalue weighted by molar-refractivity contribution is -0.114. The van der Waals surface area contributed by atoms with Crippen LogP contribution in [0.2, 0.25) is 0 Å². The molecule has 0 fully saturated rings. The first-order valence-electron chi connectivity index (χ1n) is 6.17. The summed E-state index contributed by atoms with van der Waals surface area (Å²) in [6.45, 7) is 1.97. The molecule has 0 unspecified atom stereocenters. The molecule has 0 aliphatic rings. The molecule has 0 saturated carbocycles. The summed E-state index contributed by atoms with van der Waals surface area (Å²) in [6, 6.07) is 3.51. The number of methoxy groups -OCH3 is 3. The second kappa shape index (κ2) is 7.46. The fourth-order valence-electron chi connectivity index (χ4n) is 1.70. The number of ether oxygens (including phenoxy) is 3. The lowest BCUT2D eigenvalue weighted by Crippen LogP contribution is -1.96. The molecule has 0 N–H and O–H groups in total. The molecule has 0 aliphatic heterocycles. The number of allylic oxidation sites excluding steroid dienone is 1. The van der Waals surface area contributed by atoms with Crippen LogP contribution < -0.4 is 14.2 Å². The van der Waals surface area contributed by atoms with Crippen molar-refractivity contribution in [2.45, 2.75) is 19.8 Å². The van der Waals surface area contributed by atoms with Gasteiger partial charge in [0.1, 0.15) is 17.2 Å². The van der Waals surface area contributed by atoms with Crippen molar-refractivity contribution < 1.29 is 19.0 Å². The number of hydrogen-bond acceptors (Lipinski definition) is 4. The second-order valence-corrected chi connectivity index (χ2v) is 4.00. The van der Waals surface area contributed by atoms with Crippen LogP contribution >= 0.6 is 0 Å². The predicted octanol–water partition coefficient (Wildman–Crippen LogP) is 3.09. The zero-order chi connectivity index (χ0) is 14.3. The smallest absolute Gasteiger partial charge is 0.155 e. The van der Waals surface area contributed by atoms with Gasteiger partial charge in [-0.3, -0.25) is 4.79 Å². The Morgan fingerprint density at radius 2 is 1.68 bits per heavy atom. The Kier molecular flexibility index (Phi) is 5.93. The van der Waals surface area contributed by atoms with E-state index in [0.717, 1.165) is 12.0 Å². The molecular weight excluding hydrogens is 244 g/mol. The van der Waals surface area contributed by atoms with Gasteiger partial charge in [-0.1, -0.05) is 6.92 Å². The quantitative estimate of drug-likeness (QED) is 0.710. The van der Waals surface area contributed by atoms with E-state index in [9.17, 15) is 4.79 Å². The summed E-state index contributed by atoms with van der Waals surface area (Å²) in [4.78, 5) is 11.5. The molecule has 19 heavy (non-hydrogen) atoms. The number of benzene rings is 1. The average molecular weight is 264 g/mol. The molecule has 0 amide bonds. The summed E-state index contributed by atoms with van der Waals surface area (Å²) >= 11 is 0. The zero-order valence-electron chi connectivity index (χ0n) is 11.9. The Labute approximate surface area is 114 Å². The molecule has 0 bridgehead atoms. The predicted molar refractivity (Wildman–Crippen MR) is 75.0 cm³/mol. The van der Waals surface area contributed by atoms with Gasteiger partial charge in [-0.15, -0.1) is 0 Å². The van der Waals surface area contributed by atoms with Crippen LogP contribution in [0.1, 0.15) is 25.3 Å². The topological polar surface area (TPSA) is 44.8 Å². The zero-order valence-corrected chi connectivity index (χ0v) is 11.9. The summed E-state index contributed by atoms with van der Waals surface area (Å²) in [6.07, 6.45) is 4.64. The lowest BCUT2D eigenvalue weighted by atomic mass is 10.1. The van der Waals surface area contributed by atoms with Gasteiger partial charge in [0.15, 0.2) is 5.78 Å². The van der Waals surface area contributed by atoms with Crippen molar-refractivity contribution in [2.75, 3.05) is 21.3 Å². The van der Waals surface area contributed by atoms with Gasteiger partial charge in [-0.2, -0.15) is 0 Å². The maximum absolute atomic E-state index is 11.5. The minimum absolute atomic E-state index is 0.0856. The highest BCUT2D eigenvalue weighted by Gasteiger charge is 2.11. The molecule has 0 aliphatic carbocycles. The third-order valence-corrected chi connectivity index (χ3v) is 2.69. The van der Waals surface area contributed by atoms with Crippen LogP contribution in [0.5, 0.6) is 17.2 Å². The monoisotopic (exact) mass is 264 g/mol. The summed E-state index contributed by atoms with van der Waals surface area (Å²) in [5.74, 6) is 1.95. The first-order valence-corrected chi connectivity index (χ1v) is 6.17. The number of ketones is 1. The van der Waals surface area contributed by atoms with Crippen LogP contribution in [0.4, 0.5) is 0 Å². The Hall–Kier alpha value is -1.97. The summed E-state index contributed by atoms with van der Waals surface area (Å²) < 4.78 is 15.8. The largest absolute Gasteiger partial charge is 0.496 e. The fraction of sp³-hybridized carbons (Fsp3) is 0.400. The normalized spacial score (nSPS) is 10.5. The lowest BCUT2D eigenvalue weighted by Gasteiger charge is -2.12. The van der Waals surface area contributed by atoms with Crippen LogP contribution in [0, 0.1) is 0 Å². The van der Waals surface area contributed by atoms with Gasteiger partial charge in [-0.25, -0.2) is 0 Å². The van der Waals surface area contributed by atoms with Crippen LogP contribution in [-0.2, 0) is 4.79 Å². The maximum atomic E-state index is 11.5. The van der Waals surface area contributed by atoms with Gasteiger partial charge >= 0.3 is 0 Å². The van der Waals surface area contributed by atoms with Crippen molar-refractivity contribution in [3.63, 3.8) is 0 Å². The van der Waals surface area contributed by atoms with Crippen LogP contribution in [0.25, 0.3) is 6.08 Å². The summed E-state index contributed by atoms with van der Waals surface area (Å²) in [5.41, 5.74) is 0.732. The van der Waals surface area contributed by atoms with Crippen molar-refractivity contribution in [2.24, 2.45) is 0 Å². The maximum Gasteiger partial charge on any atom is 0.155 e. The average Bonchev–Trinajstić information content (AvgIpc) is 2.44. The molecule has 1 rings (SSSR count). The van der Waals surface area contributed by atoms with Gasteiger partial charge in [0.25, 0.3) is 0 Å². The number of rotatable bonds is 7. The Balaban J connectivity index is 3.13. The van der Waals surface area contributed by atoms with E-state index < -0.39 is 0 Å². The Morgan fingerprint density at radius 1 is 1.11 bits per heavy atom. The first kappa shape index (κ1) is 15.1. The highest BCUT2D eigenvalue weighted by molar-refractivity contribution is 5.94. The molecule has 0 heterocycles. The molecule has 4 heteroatoms. The molecule has 1 aromatic carbocycles. The molecule has 0 spiro atoms.